The molecule has 2 unspecified atom stereocenters. The van der Waals surface area contributed by atoms with Gasteiger partial charge in [0.05, 0.1) is 66.8 Å². The molecule has 3 aromatic rings. The fourth-order valence-corrected chi connectivity index (χ4v) is 5.47. The van der Waals surface area contributed by atoms with Crippen molar-refractivity contribution in [2.24, 2.45) is 5.41 Å². The summed E-state index contributed by atoms with van der Waals surface area (Å²) in [5.41, 5.74) is 2.59. The maximum absolute atomic E-state index is 12.8. The highest BCUT2D eigenvalue weighted by atomic mass is 16.6. The second-order valence-electron chi connectivity index (χ2n) is 9.71. The number of ether oxygens (including phenoxy) is 2. The van der Waals surface area contributed by atoms with E-state index in [9.17, 15) is 10.1 Å². The highest BCUT2D eigenvalue weighted by Crippen LogP contribution is 2.47. The lowest BCUT2D eigenvalue weighted by atomic mass is 9.68. The summed E-state index contributed by atoms with van der Waals surface area (Å²) < 4.78 is 13.5. The summed E-state index contributed by atoms with van der Waals surface area (Å²) in [4.78, 5) is 27.6. The minimum absolute atomic E-state index is 0.0657. The number of hydrogen-bond acceptors (Lipinski definition) is 7. The maximum Gasteiger partial charge on any atom is 0.410 e. The van der Waals surface area contributed by atoms with E-state index in [2.05, 4.69) is 32.5 Å². The van der Waals surface area contributed by atoms with E-state index in [-0.39, 0.29) is 11.5 Å². The molecule has 34 heavy (non-hydrogen) atoms. The Bertz CT molecular complexity index is 1250. The number of carbonyl (C=O) groups excluding carboxylic acids is 1. The monoisotopic (exact) mass is 460 g/mol. The molecule has 5 rings (SSSR count). The summed E-state index contributed by atoms with van der Waals surface area (Å²) in [6, 6.07) is 7.77. The van der Waals surface area contributed by atoms with Crippen LogP contribution in [0.3, 0.4) is 0 Å². The largest absolute Gasteiger partial charge is 0.477 e. The van der Waals surface area contributed by atoms with E-state index in [4.69, 9.17) is 9.47 Å². The van der Waals surface area contributed by atoms with Gasteiger partial charge in [-0.25, -0.2) is 14.8 Å². The summed E-state index contributed by atoms with van der Waals surface area (Å²) in [7, 11) is 0. The zero-order valence-electron chi connectivity index (χ0n) is 19.5. The molecule has 1 saturated carbocycles. The topological polar surface area (TPSA) is 106 Å². The standard InChI is InChI=1S/C25H28N6O3/c1-3-33-22-12-27-19(11-28-22)13-30-16-25(34-23(30)32)8-4-7-24(2,14-25)15-31-17-29-20-6-5-18(10-26)9-21(20)31/h5-6,9,11-12,17H,3-4,7-8,13-16H2,1-2H3. The molecule has 1 saturated heterocycles. The highest BCUT2D eigenvalue weighted by molar-refractivity contribution is 5.77. The molecule has 2 atom stereocenters. The summed E-state index contributed by atoms with van der Waals surface area (Å²) in [6.45, 7) is 6.33. The van der Waals surface area contributed by atoms with Gasteiger partial charge in [0.1, 0.15) is 5.60 Å². The van der Waals surface area contributed by atoms with Gasteiger partial charge in [-0.2, -0.15) is 5.26 Å². The normalized spacial score (nSPS) is 24.4. The van der Waals surface area contributed by atoms with Gasteiger partial charge in [-0.3, -0.25) is 9.88 Å². The Hall–Kier alpha value is -3.67. The average Bonchev–Trinajstić information content (AvgIpc) is 3.34. The van der Waals surface area contributed by atoms with Crippen LogP contribution in [0.2, 0.25) is 0 Å². The summed E-state index contributed by atoms with van der Waals surface area (Å²) in [6.07, 6.45) is 8.42. The quantitative estimate of drug-likeness (QED) is 0.546. The zero-order chi connectivity index (χ0) is 23.8. The molecule has 1 aliphatic heterocycles. The number of rotatable bonds is 6. The van der Waals surface area contributed by atoms with Crippen LogP contribution in [-0.2, 0) is 17.8 Å². The lowest BCUT2D eigenvalue weighted by Gasteiger charge is -2.43. The molecular weight excluding hydrogens is 432 g/mol. The number of nitrogens with zero attached hydrogens (tertiary/aromatic N) is 6. The molecule has 2 fully saturated rings. The number of nitriles is 1. The van der Waals surface area contributed by atoms with Crippen molar-refractivity contribution in [3.8, 4) is 11.9 Å². The fourth-order valence-electron chi connectivity index (χ4n) is 5.47. The van der Waals surface area contributed by atoms with Crippen molar-refractivity contribution in [1.82, 2.24) is 24.4 Å². The smallest absolute Gasteiger partial charge is 0.410 e. The third-order valence-electron chi connectivity index (χ3n) is 6.83. The van der Waals surface area contributed by atoms with Gasteiger partial charge >= 0.3 is 6.09 Å². The number of benzene rings is 1. The second kappa shape index (κ2) is 8.60. The molecule has 2 aliphatic rings. The van der Waals surface area contributed by atoms with Crippen molar-refractivity contribution in [2.45, 2.75) is 58.2 Å². The first-order valence-electron chi connectivity index (χ1n) is 11.7. The third kappa shape index (κ3) is 4.28. The Morgan fingerprint density at radius 2 is 2.12 bits per heavy atom. The SMILES string of the molecule is CCOc1cnc(CN2CC3(CCCC(C)(Cn4cnc5ccc(C#N)cc54)C3)OC2=O)cn1. The summed E-state index contributed by atoms with van der Waals surface area (Å²) in [5, 5.41) is 9.28. The van der Waals surface area contributed by atoms with E-state index in [1.54, 1.807) is 23.4 Å². The van der Waals surface area contributed by atoms with E-state index >= 15 is 0 Å². The van der Waals surface area contributed by atoms with Gasteiger partial charge in [-0.15, -0.1) is 0 Å². The van der Waals surface area contributed by atoms with E-state index < -0.39 is 5.60 Å². The first-order valence-corrected chi connectivity index (χ1v) is 11.7. The first-order chi connectivity index (χ1) is 16.4. The predicted molar refractivity (Wildman–Crippen MR) is 124 cm³/mol. The number of aromatic nitrogens is 4. The lowest BCUT2D eigenvalue weighted by molar-refractivity contribution is -0.0270. The van der Waals surface area contributed by atoms with Crippen LogP contribution < -0.4 is 4.74 Å². The minimum Gasteiger partial charge on any atom is -0.477 e. The molecule has 9 nitrogen and oxygen atoms in total. The van der Waals surface area contributed by atoms with Crippen molar-refractivity contribution in [3.63, 3.8) is 0 Å². The average molecular weight is 461 g/mol. The predicted octanol–water partition coefficient (Wildman–Crippen LogP) is 4.07. The Morgan fingerprint density at radius 3 is 2.88 bits per heavy atom. The molecule has 176 valence electrons. The second-order valence-corrected chi connectivity index (χ2v) is 9.71. The molecule has 1 aliphatic carbocycles. The molecule has 3 heterocycles. The van der Waals surface area contributed by atoms with Crippen LogP contribution in [0.5, 0.6) is 5.88 Å². The number of hydrogen-bond donors (Lipinski definition) is 0. The van der Waals surface area contributed by atoms with Crippen molar-refractivity contribution in [1.29, 1.82) is 5.26 Å². The van der Waals surface area contributed by atoms with Crippen LogP contribution in [0.25, 0.3) is 11.0 Å². The van der Waals surface area contributed by atoms with Crippen LogP contribution in [0.4, 0.5) is 4.79 Å². The van der Waals surface area contributed by atoms with Gasteiger partial charge in [-0.05, 0) is 56.2 Å². The Labute approximate surface area is 198 Å². The van der Waals surface area contributed by atoms with Crippen molar-refractivity contribution in [2.75, 3.05) is 13.2 Å². The van der Waals surface area contributed by atoms with E-state index in [1.807, 2.05) is 25.4 Å². The molecule has 1 spiro atoms. The van der Waals surface area contributed by atoms with Gasteiger partial charge in [0.25, 0.3) is 0 Å². The summed E-state index contributed by atoms with van der Waals surface area (Å²) in [5.74, 6) is 0.476. The number of amides is 1. The van der Waals surface area contributed by atoms with E-state index in [0.29, 0.717) is 36.8 Å². The summed E-state index contributed by atoms with van der Waals surface area (Å²) >= 11 is 0. The Kier molecular flexibility index (Phi) is 5.60. The van der Waals surface area contributed by atoms with Crippen LogP contribution in [-0.4, -0.2) is 49.3 Å². The van der Waals surface area contributed by atoms with Crippen molar-refractivity contribution >= 4 is 17.1 Å². The van der Waals surface area contributed by atoms with Crippen LogP contribution >= 0.6 is 0 Å². The Balaban J connectivity index is 1.30. The number of imidazole rings is 1. The molecule has 0 radical (unpaired) electrons. The molecule has 9 heteroatoms. The van der Waals surface area contributed by atoms with Crippen molar-refractivity contribution < 1.29 is 14.3 Å². The molecule has 0 N–H and O–H groups in total. The molecule has 1 amide bonds. The van der Waals surface area contributed by atoms with Gasteiger partial charge in [0.2, 0.25) is 5.88 Å². The van der Waals surface area contributed by atoms with Gasteiger partial charge in [0, 0.05) is 6.54 Å². The molecule has 0 bridgehead atoms. The minimum atomic E-state index is -0.503. The fraction of sp³-hybridized carbons (Fsp3) is 0.480. The van der Waals surface area contributed by atoms with Crippen molar-refractivity contribution in [3.05, 3.63) is 48.2 Å². The van der Waals surface area contributed by atoms with Crippen LogP contribution in [0.15, 0.2) is 36.9 Å². The molecular formula is C25H28N6O3. The first kappa shape index (κ1) is 22.1. The van der Waals surface area contributed by atoms with Crippen LogP contribution in [0.1, 0.15) is 50.8 Å². The zero-order valence-corrected chi connectivity index (χ0v) is 19.5. The highest BCUT2D eigenvalue weighted by Gasteiger charge is 2.51. The van der Waals surface area contributed by atoms with Gasteiger partial charge in [0.15, 0.2) is 0 Å². The molecule has 2 aromatic heterocycles. The van der Waals surface area contributed by atoms with Gasteiger partial charge < -0.3 is 14.0 Å². The molecule has 1 aromatic carbocycles. The Morgan fingerprint density at radius 1 is 1.24 bits per heavy atom. The maximum atomic E-state index is 12.8. The number of fused-ring (bicyclic) bond motifs is 1. The number of carbonyl (C=O) groups is 1. The van der Waals surface area contributed by atoms with Gasteiger partial charge in [-0.1, -0.05) is 6.92 Å². The van der Waals surface area contributed by atoms with Crippen LogP contribution in [0, 0.1) is 16.7 Å². The van der Waals surface area contributed by atoms with E-state index in [0.717, 1.165) is 43.3 Å². The van der Waals surface area contributed by atoms with E-state index in [1.165, 1.54) is 0 Å². The lowest BCUT2D eigenvalue weighted by Crippen LogP contribution is -2.44. The third-order valence-corrected chi connectivity index (χ3v) is 6.83.